The summed E-state index contributed by atoms with van der Waals surface area (Å²) in [6.07, 6.45) is -0.372. The Balaban J connectivity index is 1.52. The van der Waals surface area contributed by atoms with E-state index in [4.69, 9.17) is 14.2 Å². The van der Waals surface area contributed by atoms with Gasteiger partial charge in [0.2, 0.25) is 0 Å². The molecule has 1 aromatic carbocycles. The Morgan fingerprint density at radius 3 is 2.65 bits per heavy atom. The standard InChI is InChI=1S/C18H20O5/c1-9-12(17(19)21-8-11-6-4-3-5-7-11)13-10(2)22-18(20)14(13)16-15(9)23-16/h3-7,9-10,12-16H,8H2,1-2H3/t9-,10+,12-,13-,14?,15?,16+/m0/s1. The molecular weight excluding hydrogens is 296 g/mol. The average Bonchev–Trinajstić information content (AvgIpc) is 3.28. The van der Waals surface area contributed by atoms with Gasteiger partial charge in [-0.2, -0.15) is 0 Å². The van der Waals surface area contributed by atoms with Gasteiger partial charge in [-0.15, -0.1) is 0 Å². The van der Waals surface area contributed by atoms with E-state index in [1.54, 1.807) is 0 Å². The van der Waals surface area contributed by atoms with Crippen LogP contribution in [0.25, 0.3) is 0 Å². The number of esters is 2. The van der Waals surface area contributed by atoms with E-state index in [1.165, 1.54) is 0 Å². The molecule has 5 heteroatoms. The summed E-state index contributed by atoms with van der Waals surface area (Å²) in [6.45, 7) is 4.11. The minimum absolute atomic E-state index is 0.0247. The first kappa shape index (κ1) is 14.7. The average molecular weight is 316 g/mol. The van der Waals surface area contributed by atoms with Crippen LogP contribution in [0.4, 0.5) is 0 Å². The molecule has 1 saturated carbocycles. The van der Waals surface area contributed by atoms with Crippen LogP contribution in [0.15, 0.2) is 30.3 Å². The topological polar surface area (TPSA) is 65.1 Å². The summed E-state index contributed by atoms with van der Waals surface area (Å²) in [6, 6.07) is 9.59. The first-order chi connectivity index (χ1) is 11.1. The molecule has 2 heterocycles. The molecule has 3 aliphatic rings. The van der Waals surface area contributed by atoms with E-state index in [0.717, 1.165) is 5.56 Å². The lowest BCUT2D eigenvalue weighted by molar-refractivity contribution is -0.156. The molecule has 1 aromatic rings. The van der Waals surface area contributed by atoms with E-state index in [9.17, 15) is 9.59 Å². The quantitative estimate of drug-likeness (QED) is 0.630. The van der Waals surface area contributed by atoms with Crippen LogP contribution < -0.4 is 0 Å². The van der Waals surface area contributed by atoms with Crippen LogP contribution in [-0.4, -0.2) is 30.3 Å². The molecule has 0 bridgehead atoms. The van der Waals surface area contributed by atoms with E-state index in [2.05, 4.69) is 0 Å². The maximum absolute atomic E-state index is 12.7. The number of cyclic esters (lactones) is 1. The Hall–Kier alpha value is -1.88. The minimum Gasteiger partial charge on any atom is -0.462 e. The normalized spacial score (nSPS) is 40.8. The van der Waals surface area contributed by atoms with Crippen LogP contribution in [0.1, 0.15) is 19.4 Å². The molecule has 7 atom stereocenters. The van der Waals surface area contributed by atoms with E-state index >= 15 is 0 Å². The van der Waals surface area contributed by atoms with Gasteiger partial charge in [-0.1, -0.05) is 37.3 Å². The zero-order valence-electron chi connectivity index (χ0n) is 13.2. The number of carbonyl (C=O) groups is 2. The molecule has 3 fully saturated rings. The first-order valence-electron chi connectivity index (χ1n) is 8.14. The lowest BCUT2D eigenvalue weighted by Crippen LogP contribution is -2.45. The summed E-state index contributed by atoms with van der Waals surface area (Å²) in [5.41, 5.74) is 0.952. The van der Waals surface area contributed by atoms with Gasteiger partial charge in [-0.05, 0) is 18.4 Å². The van der Waals surface area contributed by atoms with Crippen LogP contribution in [0.2, 0.25) is 0 Å². The molecule has 122 valence electrons. The third kappa shape index (κ3) is 2.34. The van der Waals surface area contributed by atoms with Crippen LogP contribution in [-0.2, 0) is 30.4 Å². The molecule has 2 unspecified atom stereocenters. The van der Waals surface area contributed by atoms with Gasteiger partial charge in [-0.3, -0.25) is 9.59 Å². The summed E-state index contributed by atoms with van der Waals surface area (Å²) in [7, 11) is 0. The lowest BCUT2D eigenvalue weighted by atomic mass is 9.66. The van der Waals surface area contributed by atoms with Crippen LogP contribution in [0.5, 0.6) is 0 Å². The van der Waals surface area contributed by atoms with Crippen molar-refractivity contribution in [3.8, 4) is 0 Å². The summed E-state index contributed by atoms with van der Waals surface area (Å²) in [5.74, 6) is -1.27. The second-order valence-electron chi connectivity index (χ2n) is 6.79. The van der Waals surface area contributed by atoms with Crippen LogP contribution in [0, 0.1) is 23.7 Å². The van der Waals surface area contributed by atoms with Crippen molar-refractivity contribution in [3.63, 3.8) is 0 Å². The van der Waals surface area contributed by atoms with Gasteiger partial charge in [0.15, 0.2) is 0 Å². The van der Waals surface area contributed by atoms with Gasteiger partial charge in [0, 0.05) is 5.92 Å². The van der Waals surface area contributed by atoms with Gasteiger partial charge in [0.25, 0.3) is 0 Å². The fourth-order valence-electron chi connectivity index (χ4n) is 4.26. The van der Waals surface area contributed by atoms with Gasteiger partial charge in [-0.25, -0.2) is 0 Å². The van der Waals surface area contributed by atoms with E-state index in [0.29, 0.717) is 0 Å². The Kier molecular flexibility index (Phi) is 3.41. The van der Waals surface area contributed by atoms with Gasteiger partial charge in [0.05, 0.1) is 24.0 Å². The molecule has 2 saturated heterocycles. The summed E-state index contributed by atoms with van der Waals surface area (Å²) >= 11 is 0. The number of fused-ring (bicyclic) bond motifs is 3. The highest BCUT2D eigenvalue weighted by Gasteiger charge is 2.67. The highest BCUT2D eigenvalue weighted by atomic mass is 16.6. The third-order valence-corrected chi connectivity index (χ3v) is 5.44. The van der Waals surface area contributed by atoms with E-state index in [-0.39, 0.29) is 60.5 Å². The molecule has 0 spiro atoms. The van der Waals surface area contributed by atoms with Gasteiger partial charge < -0.3 is 14.2 Å². The highest BCUT2D eigenvalue weighted by Crippen LogP contribution is 2.54. The summed E-state index contributed by atoms with van der Waals surface area (Å²) in [5, 5.41) is 0. The van der Waals surface area contributed by atoms with E-state index in [1.807, 2.05) is 44.2 Å². The van der Waals surface area contributed by atoms with Crippen molar-refractivity contribution >= 4 is 11.9 Å². The molecule has 4 rings (SSSR count). The molecule has 0 aromatic heterocycles. The predicted molar refractivity (Wildman–Crippen MR) is 80.1 cm³/mol. The number of ether oxygens (including phenoxy) is 3. The predicted octanol–water partition coefficient (Wildman–Crippen LogP) is 1.94. The third-order valence-electron chi connectivity index (χ3n) is 5.44. The number of rotatable bonds is 3. The van der Waals surface area contributed by atoms with Crippen molar-refractivity contribution in [2.24, 2.45) is 23.7 Å². The number of hydrogen-bond acceptors (Lipinski definition) is 5. The Bertz CT molecular complexity index is 628. The fourth-order valence-corrected chi connectivity index (χ4v) is 4.26. The van der Waals surface area contributed by atoms with Crippen LogP contribution >= 0.6 is 0 Å². The summed E-state index contributed by atoms with van der Waals surface area (Å²) < 4.78 is 16.6. The number of benzene rings is 1. The monoisotopic (exact) mass is 316 g/mol. The van der Waals surface area contributed by atoms with Crippen LogP contribution in [0.3, 0.4) is 0 Å². The Labute approximate surface area is 134 Å². The molecular formula is C18H20O5. The van der Waals surface area contributed by atoms with Crippen molar-refractivity contribution in [1.82, 2.24) is 0 Å². The number of hydrogen-bond donors (Lipinski definition) is 0. The van der Waals surface area contributed by atoms with Crippen molar-refractivity contribution in [2.45, 2.75) is 38.8 Å². The maximum atomic E-state index is 12.7. The van der Waals surface area contributed by atoms with Gasteiger partial charge in [0.1, 0.15) is 12.7 Å². The molecule has 23 heavy (non-hydrogen) atoms. The smallest absolute Gasteiger partial charge is 0.312 e. The SMILES string of the molecule is C[C@@H]1C2O[C@@H]2C2C(=O)O[C@H](C)[C@H]2[C@H]1C(=O)OCc1ccccc1. The second-order valence-corrected chi connectivity index (χ2v) is 6.79. The Morgan fingerprint density at radius 2 is 1.91 bits per heavy atom. The minimum atomic E-state index is -0.353. The van der Waals surface area contributed by atoms with Crippen molar-refractivity contribution in [1.29, 1.82) is 0 Å². The van der Waals surface area contributed by atoms with Gasteiger partial charge >= 0.3 is 11.9 Å². The van der Waals surface area contributed by atoms with Crippen molar-refractivity contribution in [2.75, 3.05) is 0 Å². The highest BCUT2D eigenvalue weighted by molar-refractivity contribution is 5.81. The van der Waals surface area contributed by atoms with Crippen molar-refractivity contribution < 1.29 is 23.8 Å². The molecule has 0 radical (unpaired) electrons. The zero-order valence-corrected chi connectivity index (χ0v) is 13.2. The van der Waals surface area contributed by atoms with Crippen molar-refractivity contribution in [3.05, 3.63) is 35.9 Å². The number of carbonyl (C=O) groups excluding carboxylic acids is 2. The van der Waals surface area contributed by atoms with E-state index < -0.39 is 0 Å². The summed E-state index contributed by atoms with van der Waals surface area (Å²) in [4.78, 5) is 24.8. The largest absolute Gasteiger partial charge is 0.462 e. The number of epoxide rings is 1. The maximum Gasteiger partial charge on any atom is 0.312 e. The Morgan fingerprint density at radius 1 is 1.17 bits per heavy atom. The molecule has 0 amide bonds. The lowest BCUT2D eigenvalue weighted by Gasteiger charge is -2.33. The molecule has 2 aliphatic heterocycles. The fraction of sp³-hybridized carbons (Fsp3) is 0.556. The zero-order chi connectivity index (χ0) is 16.1. The molecule has 0 N–H and O–H groups in total. The molecule has 5 nitrogen and oxygen atoms in total. The second kappa shape index (κ2) is 5.34. The molecule has 1 aliphatic carbocycles. The first-order valence-corrected chi connectivity index (χ1v) is 8.14.